The van der Waals surface area contributed by atoms with E-state index in [-0.39, 0.29) is 0 Å². The lowest BCUT2D eigenvalue weighted by molar-refractivity contribution is 0.481. The molecule has 0 amide bonds. The van der Waals surface area contributed by atoms with Crippen LogP contribution in [-0.2, 0) is 0 Å². The van der Waals surface area contributed by atoms with Crippen LogP contribution in [0.4, 0.5) is 0 Å². The summed E-state index contributed by atoms with van der Waals surface area (Å²) in [4.78, 5) is 0. The molecular weight excluding hydrogens is 302 g/mol. The Hall–Kier alpha value is -1.50. The van der Waals surface area contributed by atoms with Crippen molar-refractivity contribution in [2.24, 2.45) is 0 Å². The van der Waals surface area contributed by atoms with E-state index in [4.69, 9.17) is 21.6 Å². The predicted molar refractivity (Wildman–Crippen MR) is 70.4 cm³/mol. The second-order valence-corrected chi connectivity index (χ2v) is 4.57. The molecule has 0 spiro atoms. The van der Waals surface area contributed by atoms with Crippen molar-refractivity contribution in [3.63, 3.8) is 0 Å². The topological polar surface area (TPSA) is 33.0 Å². The largest absolute Gasteiger partial charge is 0.456 e. The average molecular weight is 309 g/mol. The molecule has 2 nitrogen and oxygen atoms in total. The molecular formula is C13H7BrClNO. The lowest BCUT2D eigenvalue weighted by Crippen LogP contribution is -1.88. The zero-order chi connectivity index (χ0) is 12.3. The molecule has 17 heavy (non-hydrogen) atoms. The maximum absolute atomic E-state index is 9.04. The highest BCUT2D eigenvalue weighted by Crippen LogP contribution is 2.30. The van der Waals surface area contributed by atoms with Crippen molar-refractivity contribution in [3.05, 3.63) is 57.5 Å². The molecule has 4 heteroatoms. The third kappa shape index (κ3) is 2.79. The summed E-state index contributed by atoms with van der Waals surface area (Å²) in [7, 11) is 0. The number of rotatable bonds is 2. The van der Waals surface area contributed by atoms with Gasteiger partial charge in [-0.05, 0) is 52.3 Å². The van der Waals surface area contributed by atoms with Gasteiger partial charge in [-0.15, -0.1) is 0 Å². The highest BCUT2D eigenvalue weighted by atomic mass is 79.9. The zero-order valence-electron chi connectivity index (χ0n) is 8.65. The maximum Gasteiger partial charge on any atom is 0.146 e. The molecule has 0 radical (unpaired) electrons. The first kappa shape index (κ1) is 12.0. The fraction of sp³-hybridized carbons (Fsp3) is 0. The van der Waals surface area contributed by atoms with Crippen molar-refractivity contribution in [2.75, 3.05) is 0 Å². The van der Waals surface area contributed by atoms with Crippen molar-refractivity contribution in [1.29, 1.82) is 5.26 Å². The van der Waals surface area contributed by atoms with Gasteiger partial charge in [-0.1, -0.05) is 17.7 Å². The lowest BCUT2D eigenvalue weighted by atomic mass is 10.2. The van der Waals surface area contributed by atoms with Crippen LogP contribution in [0.2, 0.25) is 5.02 Å². The average Bonchev–Trinajstić information content (AvgIpc) is 2.32. The van der Waals surface area contributed by atoms with Gasteiger partial charge >= 0.3 is 0 Å². The van der Waals surface area contributed by atoms with Gasteiger partial charge in [-0.3, -0.25) is 0 Å². The van der Waals surface area contributed by atoms with Gasteiger partial charge in [0.1, 0.15) is 23.1 Å². The van der Waals surface area contributed by atoms with E-state index < -0.39 is 0 Å². The fourth-order valence-electron chi connectivity index (χ4n) is 1.33. The minimum atomic E-state index is 0.474. The van der Waals surface area contributed by atoms with Crippen LogP contribution < -0.4 is 4.74 Å². The van der Waals surface area contributed by atoms with Crippen molar-refractivity contribution < 1.29 is 4.74 Å². The first-order chi connectivity index (χ1) is 8.20. The van der Waals surface area contributed by atoms with Crippen LogP contribution in [0, 0.1) is 11.3 Å². The first-order valence-electron chi connectivity index (χ1n) is 4.83. The summed E-state index contributed by atoms with van der Waals surface area (Å²) in [5.74, 6) is 1.16. The van der Waals surface area contributed by atoms with E-state index >= 15 is 0 Å². The fourth-order valence-corrected chi connectivity index (χ4v) is 1.89. The summed E-state index contributed by atoms with van der Waals surface area (Å²) in [6.45, 7) is 0. The predicted octanol–water partition coefficient (Wildman–Crippen LogP) is 4.77. The van der Waals surface area contributed by atoms with E-state index in [0.29, 0.717) is 26.6 Å². The molecule has 84 valence electrons. The number of hydrogen-bond acceptors (Lipinski definition) is 2. The molecule has 0 aliphatic carbocycles. The second kappa shape index (κ2) is 5.22. The highest BCUT2D eigenvalue weighted by molar-refractivity contribution is 9.10. The molecule has 0 unspecified atom stereocenters. The van der Waals surface area contributed by atoms with Crippen LogP contribution in [-0.4, -0.2) is 0 Å². The number of hydrogen-bond donors (Lipinski definition) is 0. The summed E-state index contributed by atoms with van der Waals surface area (Å²) in [6.07, 6.45) is 0. The third-order valence-corrected chi connectivity index (χ3v) is 3.04. The van der Waals surface area contributed by atoms with Crippen LogP contribution in [0.15, 0.2) is 46.9 Å². The van der Waals surface area contributed by atoms with Gasteiger partial charge in [0.05, 0.1) is 0 Å². The van der Waals surface area contributed by atoms with Crippen LogP contribution in [0.25, 0.3) is 0 Å². The Balaban J connectivity index is 2.34. The Morgan fingerprint density at radius 3 is 2.47 bits per heavy atom. The van der Waals surface area contributed by atoms with Crippen LogP contribution in [0.1, 0.15) is 5.56 Å². The summed E-state index contributed by atoms with van der Waals surface area (Å²) >= 11 is 9.09. The van der Waals surface area contributed by atoms with Crippen molar-refractivity contribution in [2.45, 2.75) is 0 Å². The summed E-state index contributed by atoms with van der Waals surface area (Å²) in [5.41, 5.74) is 0.474. The smallest absolute Gasteiger partial charge is 0.146 e. The number of nitriles is 1. The molecule has 0 bridgehead atoms. The quantitative estimate of drug-likeness (QED) is 0.801. The van der Waals surface area contributed by atoms with Gasteiger partial charge in [-0.25, -0.2) is 0 Å². The molecule has 0 atom stereocenters. The lowest BCUT2D eigenvalue weighted by Gasteiger charge is -2.08. The van der Waals surface area contributed by atoms with Crippen LogP contribution in [0.3, 0.4) is 0 Å². The normalized spacial score (nSPS) is 9.71. The van der Waals surface area contributed by atoms with Crippen LogP contribution in [0.5, 0.6) is 11.5 Å². The van der Waals surface area contributed by atoms with Crippen molar-refractivity contribution >= 4 is 27.5 Å². The number of ether oxygens (including phenoxy) is 1. The van der Waals surface area contributed by atoms with E-state index in [2.05, 4.69) is 22.0 Å². The standard InChI is InChI=1S/C13H7BrClNO/c14-12-2-1-3-13(11(12)8-16)17-10-6-4-9(15)5-7-10/h1-7H. The molecule has 2 rings (SSSR count). The molecule has 0 aliphatic rings. The van der Waals surface area contributed by atoms with E-state index in [1.54, 1.807) is 36.4 Å². The van der Waals surface area contributed by atoms with Crippen molar-refractivity contribution in [3.8, 4) is 17.6 Å². The van der Waals surface area contributed by atoms with Gasteiger partial charge in [0, 0.05) is 9.50 Å². The van der Waals surface area contributed by atoms with Gasteiger partial charge < -0.3 is 4.74 Å². The Bertz CT molecular complexity index is 575. The maximum atomic E-state index is 9.04. The summed E-state index contributed by atoms with van der Waals surface area (Å²) < 4.78 is 6.34. The van der Waals surface area contributed by atoms with Crippen molar-refractivity contribution in [1.82, 2.24) is 0 Å². The molecule has 0 aliphatic heterocycles. The van der Waals surface area contributed by atoms with Gasteiger partial charge in [0.15, 0.2) is 0 Å². The number of benzene rings is 2. The molecule has 0 aromatic heterocycles. The molecule has 0 saturated heterocycles. The molecule has 2 aromatic carbocycles. The van der Waals surface area contributed by atoms with Gasteiger partial charge in [-0.2, -0.15) is 5.26 Å². The highest BCUT2D eigenvalue weighted by Gasteiger charge is 2.07. The molecule has 0 heterocycles. The third-order valence-electron chi connectivity index (χ3n) is 2.13. The minimum Gasteiger partial charge on any atom is -0.456 e. The van der Waals surface area contributed by atoms with E-state index in [1.807, 2.05) is 6.07 Å². The monoisotopic (exact) mass is 307 g/mol. The van der Waals surface area contributed by atoms with Crippen LogP contribution >= 0.6 is 27.5 Å². The molecule has 0 saturated carbocycles. The van der Waals surface area contributed by atoms with Gasteiger partial charge in [0.25, 0.3) is 0 Å². The van der Waals surface area contributed by atoms with E-state index in [0.717, 1.165) is 0 Å². The minimum absolute atomic E-state index is 0.474. The number of halogens is 2. The SMILES string of the molecule is N#Cc1c(Br)cccc1Oc1ccc(Cl)cc1. The molecule has 0 fully saturated rings. The summed E-state index contributed by atoms with van der Waals surface area (Å²) in [6, 6.07) is 14.4. The Morgan fingerprint density at radius 2 is 1.82 bits per heavy atom. The Labute approximate surface area is 113 Å². The van der Waals surface area contributed by atoms with E-state index in [9.17, 15) is 0 Å². The molecule has 0 N–H and O–H groups in total. The first-order valence-corrected chi connectivity index (χ1v) is 6.00. The Morgan fingerprint density at radius 1 is 1.12 bits per heavy atom. The van der Waals surface area contributed by atoms with E-state index in [1.165, 1.54) is 0 Å². The zero-order valence-corrected chi connectivity index (χ0v) is 11.0. The molecule has 2 aromatic rings. The second-order valence-electron chi connectivity index (χ2n) is 3.28. The summed E-state index contributed by atoms with van der Waals surface area (Å²) in [5, 5.41) is 9.69. The Kier molecular flexibility index (Phi) is 3.68. The number of nitrogens with zero attached hydrogens (tertiary/aromatic N) is 1. The van der Waals surface area contributed by atoms with Gasteiger partial charge in [0.2, 0.25) is 0 Å².